The van der Waals surface area contributed by atoms with Gasteiger partial charge < -0.3 is 5.32 Å². The molecule has 5 nitrogen and oxygen atoms in total. The van der Waals surface area contributed by atoms with E-state index < -0.39 is 10.0 Å². The van der Waals surface area contributed by atoms with Gasteiger partial charge in [0.25, 0.3) is 10.0 Å². The molecular weight excluding hydrogens is 294 g/mol. The second kappa shape index (κ2) is 4.40. The molecule has 1 aliphatic heterocycles. The minimum atomic E-state index is -3.52. The van der Waals surface area contributed by atoms with Crippen molar-refractivity contribution in [2.75, 3.05) is 5.32 Å². The van der Waals surface area contributed by atoms with Gasteiger partial charge >= 0.3 is 0 Å². The van der Waals surface area contributed by atoms with E-state index in [1.807, 2.05) is 0 Å². The molecule has 0 amide bonds. The third-order valence-electron chi connectivity index (χ3n) is 3.03. The zero-order chi connectivity index (χ0) is 12.8. The predicted octanol–water partition coefficient (Wildman–Crippen LogP) is 2.40. The molecule has 1 fully saturated rings. The highest BCUT2D eigenvalue weighted by Gasteiger charge is 2.30. The number of fused-ring (bicyclic) bond motifs is 1. The fraction of sp³-hybridized carbons (Fsp3) is 0.500. The van der Waals surface area contributed by atoms with Gasteiger partial charge in [0.2, 0.25) is 5.96 Å². The SMILES string of the molecule is O=S1(=O)NC(=NC2CCCC2)Nc2cc(Cl)sc21. The molecule has 18 heavy (non-hydrogen) atoms. The Morgan fingerprint density at radius 3 is 2.83 bits per heavy atom. The lowest BCUT2D eigenvalue weighted by Crippen LogP contribution is -2.40. The van der Waals surface area contributed by atoms with Gasteiger partial charge in [0.1, 0.15) is 0 Å². The number of hydrogen-bond donors (Lipinski definition) is 2. The molecule has 98 valence electrons. The van der Waals surface area contributed by atoms with E-state index >= 15 is 0 Å². The van der Waals surface area contributed by atoms with Gasteiger partial charge in [0.05, 0.1) is 16.1 Å². The smallest absolute Gasteiger partial charge is 0.275 e. The van der Waals surface area contributed by atoms with Crippen LogP contribution in [0.15, 0.2) is 15.3 Å². The van der Waals surface area contributed by atoms with Gasteiger partial charge in [-0.1, -0.05) is 24.4 Å². The molecule has 8 heteroatoms. The van der Waals surface area contributed by atoms with Crippen LogP contribution in [0.2, 0.25) is 4.34 Å². The lowest BCUT2D eigenvalue weighted by atomic mass is 10.3. The van der Waals surface area contributed by atoms with Crippen LogP contribution >= 0.6 is 22.9 Å². The van der Waals surface area contributed by atoms with Crippen LogP contribution in [0.3, 0.4) is 0 Å². The van der Waals surface area contributed by atoms with Gasteiger partial charge in [-0.3, -0.25) is 0 Å². The fourth-order valence-electron chi connectivity index (χ4n) is 2.23. The fourth-order valence-corrected chi connectivity index (χ4v) is 4.97. The summed E-state index contributed by atoms with van der Waals surface area (Å²) in [5, 5.41) is 2.99. The number of halogens is 1. The lowest BCUT2D eigenvalue weighted by Gasteiger charge is -2.19. The average Bonchev–Trinajstić information content (AvgIpc) is 2.86. The number of thiophene rings is 1. The largest absolute Gasteiger partial charge is 0.324 e. The predicted molar refractivity (Wildman–Crippen MR) is 73.0 cm³/mol. The number of anilines is 1. The quantitative estimate of drug-likeness (QED) is 0.837. The van der Waals surface area contributed by atoms with Crippen molar-refractivity contribution in [3.63, 3.8) is 0 Å². The molecule has 2 heterocycles. The summed E-state index contributed by atoms with van der Waals surface area (Å²) in [4.78, 5) is 4.42. The summed E-state index contributed by atoms with van der Waals surface area (Å²) in [5.41, 5.74) is 0.514. The van der Waals surface area contributed by atoms with Crippen LogP contribution in [-0.2, 0) is 10.0 Å². The summed E-state index contributed by atoms with van der Waals surface area (Å²) in [6.45, 7) is 0. The minimum absolute atomic E-state index is 0.214. The van der Waals surface area contributed by atoms with E-state index in [0.29, 0.717) is 16.0 Å². The van der Waals surface area contributed by atoms with Crippen molar-refractivity contribution in [1.82, 2.24) is 4.72 Å². The third-order valence-corrected chi connectivity index (χ3v) is 6.17. The summed E-state index contributed by atoms with van der Waals surface area (Å²) in [7, 11) is -3.52. The molecule has 0 saturated heterocycles. The molecule has 0 unspecified atom stereocenters. The third kappa shape index (κ3) is 2.22. The highest BCUT2D eigenvalue weighted by atomic mass is 35.5. The van der Waals surface area contributed by atoms with E-state index in [0.717, 1.165) is 37.0 Å². The molecule has 0 radical (unpaired) electrons. The highest BCUT2D eigenvalue weighted by molar-refractivity contribution is 7.92. The molecule has 1 aromatic heterocycles. The molecule has 0 atom stereocenters. The molecule has 1 aromatic rings. The van der Waals surface area contributed by atoms with Crippen LogP contribution in [0.25, 0.3) is 0 Å². The Morgan fingerprint density at radius 2 is 2.11 bits per heavy atom. The number of aliphatic imine (C=N–C) groups is 1. The van der Waals surface area contributed by atoms with Crippen molar-refractivity contribution in [2.45, 2.75) is 35.9 Å². The first-order chi connectivity index (χ1) is 8.54. The van der Waals surface area contributed by atoms with E-state index in [9.17, 15) is 8.42 Å². The van der Waals surface area contributed by atoms with Gasteiger partial charge in [-0.2, -0.15) is 0 Å². The average molecular weight is 306 g/mol. The van der Waals surface area contributed by atoms with Gasteiger partial charge in [-0.15, -0.1) is 11.3 Å². The Balaban J connectivity index is 1.94. The van der Waals surface area contributed by atoms with Gasteiger partial charge in [-0.05, 0) is 18.9 Å². The second-order valence-electron chi connectivity index (χ2n) is 4.40. The van der Waals surface area contributed by atoms with Crippen LogP contribution < -0.4 is 10.0 Å². The maximum absolute atomic E-state index is 12.0. The zero-order valence-electron chi connectivity index (χ0n) is 9.44. The van der Waals surface area contributed by atoms with Crippen molar-refractivity contribution in [2.24, 2.45) is 4.99 Å². The van der Waals surface area contributed by atoms with Crippen molar-refractivity contribution < 1.29 is 8.42 Å². The van der Waals surface area contributed by atoms with Crippen LogP contribution in [0, 0.1) is 0 Å². The Labute approximate surface area is 114 Å². The first-order valence-electron chi connectivity index (χ1n) is 5.71. The monoisotopic (exact) mass is 305 g/mol. The van der Waals surface area contributed by atoms with Gasteiger partial charge in [0.15, 0.2) is 4.21 Å². The van der Waals surface area contributed by atoms with Crippen molar-refractivity contribution in [3.8, 4) is 0 Å². The molecule has 3 rings (SSSR count). The number of rotatable bonds is 1. The summed E-state index contributed by atoms with van der Waals surface area (Å²) >= 11 is 6.88. The molecule has 1 aliphatic carbocycles. The van der Waals surface area contributed by atoms with E-state index in [1.165, 1.54) is 0 Å². The maximum atomic E-state index is 12.0. The van der Waals surface area contributed by atoms with Crippen molar-refractivity contribution in [3.05, 3.63) is 10.4 Å². The van der Waals surface area contributed by atoms with Crippen molar-refractivity contribution >= 4 is 44.6 Å². The van der Waals surface area contributed by atoms with Gasteiger partial charge in [0, 0.05) is 0 Å². The van der Waals surface area contributed by atoms with Crippen LogP contribution in [0.1, 0.15) is 25.7 Å². The van der Waals surface area contributed by atoms with Crippen LogP contribution in [0.4, 0.5) is 5.69 Å². The molecule has 1 saturated carbocycles. The Kier molecular flexibility index (Phi) is 2.99. The summed E-state index contributed by atoms with van der Waals surface area (Å²) in [6.07, 6.45) is 4.35. The number of nitrogens with zero attached hydrogens (tertiary/aromatic N) is 1. The maximum Gasteiger partial charge on any atom is 0.275 e. The Hall–Kier alpha value is -0.790. The molecule has 2 N–H and O–H groups in total. The van der Waals surface area contributed by atoms with E-state index in [-0.39, 0.29) is 10.3 Å². The normalized spacial score (nSPS) is 24.6. The van der Waals surface area contributed by atoms with E-state index in [4.69, 9.17) is 11.6 Å². The number of hydrogen-bond acceptors (Lipinski definition) is 4. The Bertz CT molecular complexity index is 603. The molecule has 2 aliphatic rings. The van der Waals surface area contributed by atoms with Crippen LogP contribution in [0.5, 0.6) is 0 Å². The molecule has 0 aromatic carbocycles. The zero-order valence-corrected chi connectivity index (χ0v) is 11.8. The summed E-state index contributed by atoms with van der Waals surface area (Å²) in [5.74, 6) is 0.309. The number of sulfonamides is 1. The first-order valence-corrected chi connectivity index (χ1v) is 8.39. The number of guanidine groups is 1. The molecular formula is C10H12ClN3O2S2. The van der Waals surface area contributed by atoms with E-state index in [1.54, 1.807) is 6.07 Å². The van der Waals surface area contributed by atoms with Crippen molar-refractivity contribution in [1.29, 1.82) is 0 Å². The highest BCUT2D eigenvalue weighted by Crippen LogP contribution is 2.36. The topological polar surface area (TPSA) is 70.6 Å². The molecule has 0 spiro atoms. The lowest BCUT2D eigenvalue weighted by molar-refractivity contribution is 0.593. The molecule has 0 bridgehead atoms. The standard InChI is InChI=1S/C10H12ClN3O2S2/c11-8-5-7-9(17-8)18(15,16)14-10(13-7)12-6-3-1-2-4-6/h5-6H,1-4H2,(H2,12,13,14). The minimum Gasteiger partial charge on any atom is -0.324 e. The first kappa shape index (κ1) is 12.3. The number of nitrogens with one attached hydrogen (secondary N) is 2. The summed E-state index contributed by atoms with van der Waals surface area (Å²) in [6, 6.07) is 1.83. The Morgan fingerprint density at radius 1 is 1.39 bits per heavy atom. The summed E-state index contributed by atoms with van der Waals surface area (Å²) < 4.78 is 27.1. The second-order valence-corrected chi connectivity index (χ2v) is 7.96. The van der Waals surface area contributed by atoms with E-state index in [2.05, 4.69) is 15.0 Å². The van der Waals surface area contributed by atoms with Crippen LogP contribution in [-0.4, -0.2) is 20.4 Å². The van der Waals surface area contributed by atoms with Gasteiger partial charge in [-0.25, -0.2) is 18.1 Å².